The fraction of sp³-hybridized carbons (Fsp3) is 0.200. The summed E-state index contributed by atoms with van der Waals surface area (Å²) >= 11 is -3.66. The van der Waals surface area contributed by atoms with Gasteiger partial charge in [-0.15, -0.1) is 0 Å². The fourth-order valence-electron chi connectivity index (χ4n) is 4.66. The molecule has 5 heteroatoms. The molecule has 0 aliphatic heterocycles. The summed E-state index contributed by atoms with van der Waals surface area (Å²) in [4.78, 5) is -2.39. The molecule has 2 aromatic carbocycles. The van der Waals surface area contributed by atoms with Crippen LogP contribution >= 0.6 is 4.97 Å². The van der Waals surface area contributed by atoms with E-state index in [1.54, 1.807) is 0 Å². The van der Waals surface area contributed by atoms with Crippen LogP contribution < -0.4 is 0 Å². The molecule has 2 nitrogen and oxygen atoms in total. The van der Waals surface area contributed by atoms with E-state index in [-0.39, 0.29) is 7.25 Å². The summed E-state index contributed by atoms with van der Waals surface area (Å²) in [6.45, 7) is 4.54. The monoisotopic (exact) mass is 442 g/mol. The topological polar surface area (TPSA) is 34.1 Å². The molecule has 4 rings (SSSR count). The Morgan fingerprint density at radius 3 is 1.64 bits per heavy atom. The van der Waals surface area contributed by atoms with Crippen molar-refractivity contribution < 1.29 is 28.0 Å². The van der Waals surface area contributed by atoms with Crippen LogP contribution in [0.15, 0.2) is 60.7 Å². The zero-order valence-electron chi connectivity index (χ0n) is 14.4. The van der Waals surface area contributed by atoms with Crippen molar-refractivity contribution in [3.63, 3.8) is 0 Å². The molecule has 126 valence electrons. The maximum atomic E-state index is 13.0. The van der Waals surface area contributed by atoms with Crippen molar-refractivity contribution in [2.45, 2.75) is 20.3 Å². The van der Waals surface area contributed by atoms with Crippen molar-refractivity contribution in [3.8, 4) is 0 Å². The van der Waals surface area contributed by atoms with Gasteiger partial charge in [0, 0.05) is 0 Å². The number of hydrogen-bond acceptors (Lipinski definition) is 2. The van der Waals surface area contributed by atoms with Crippen molar-refractivity contribution in [2.24, 2.45) is 0 Å². The van der Waals surface area contributed by atoms with Gasteiger partial charge in [0.05, 0.1) is 0 Å². The number of fused-ring (bicyclic) bond motifs is 2. The first-order chi connectivity index (χ1) is 12.1. The molecular formula is C20H21O2PSiZr. The Labute approximate surface area is 153 Å². The summed E-state index contributed by atoms with van der Waals surface area (Å²) in [5, 5.41) is 0. The van der Waals surface area contributed by atoms with Crippen LogP contribution in [-0.2, 0) is 28.0 Å². The van der Waals surface area contributed by atoms with E-state index in [2.05, 4.69) is 61.7 Å². The van der Waals surface area contributed by atoms with Gasteiger partial charge in [0.1, 0.15) is 0 Å². The molecule has 2 aliphatic rings. The number of allylic oxidation sites excluding steroid dienone is 2. The van der Waals surface area contributed by atoms with E-state index in [9.17, 15) is 9.13 Å². The Bertz CT molecular complexity index is 892. The van der Waals surface area contributed by atoms with Crippen LogP contribution in [0.5, 0.6) is 0 Å². The molecular weight excluding hydrogens is 423 g/mol. The van der Waals surface area contributed by atoms with Gasteiger partial charge in [-0.05, 0) is 0 Å². The van der Waals surface area contributed by atoms with E-state index < -0.39 is 29.7 Å². The minimum atomic E-state index is -3.66. The van der Waals surface area contributed by atoms with Crippen LogP contribution in [0.4, 0.5) is 0 Å². The second-order valence-electron chi connectivity index (χ2n) is 7.23. The van der Waals surface area contributed by atoms with Crippen LogP contribution in [-0.4, -0.2) is 5.92 Å². The molecule has 2 aliphatic carbocycles. The van der Waals surface area contributed by atoms with Gasteiger partial charge >= 0.3 is 154 Å². The summed E-state index contributed by atoms with van der Waals surface area (Å²) < 4.78 is 26.2. The summed E-state index contributed by atoms with van der Waals surface area (Å²) in [5.74, 6) is -1.39. The van der Waals surface area contributed by atoms with Gasteiger partial charge in [0.25, 0.3) is 0 Å². The molecule has 25 heavy (non-hydrogen) atoms. The second kappa shape index (κ2) is 6.58. The van der Waals surface area contributed by atoms with Crippen LogP contribution in [0.1, 0.15) is 29.5 Å². The van der Waals surface area contributed by atoms with Gasteiger partial charge in [0.15, 0.2) is 0 Å². The van der Waals surface area contributed by atoms with Crippen LogP contribution in [0.2, 0.25) is 13.1 Å². The Kier molecular flexibility index (Phi) is 4.56. The van der Waals surface area contributed by atoms with E-state index in [4.69, 9.17) is 0 Å². The second-order valence-corrected chi connectivity index (χ2v) is 41.8. The van der Waals surface area contributed by atoms with Gasteiger partial charge in [-0.25, -0.2) is 0 Å². The van der Waals surface area contributed by atoms with E-state index >= 15 is 0 Å². The number of rotatable bonds is 4. The van der Waals surface area contributed by atoms with Gasteiger partial charge in [0.2, 0.25) is 0 Å². The zero-order valence-corrected chi connectivity index (χ0v) is 18.9. The molecule has 0 heterocycles. The third kappa shape index (κ3) is 2.53. The summed E-state index contributed by atoms with van der Waals surface area (Å²) in [5.41, 5.74) is 4.90. The van der Waals surface area contributed by atoms with Gasteiger partial charge in [-0.2, -0.15) is 0 Å². The molecule has 0 N–H and O–H groups in total. The van der Waals surface area contributed by atoms with Gasteiger partial charge in [-0.1, -0.05) is 0 Å². The molecule has 0 fully saturated rings. The van der Waals surface area contributed by atoms with Crippen molar-refractivity contribution in [1.82, 2.24) is 0 Å². The summed E-state index contributed by atoms with van der Waals surface area (Å²) in [7, 11) is 0. The Morgan fingerprint density at radius 2 is 1.24 bits per heavy atom. The van der Waals surface area contributed by atoms with E-state index in [0.717, 1.165) is 0 Å². The van der Waals surface area contributed by atoms with Crippen LogP contribution in [0.3, 0.4) is 0 Å². The number of benzene rings is 2. The van der Waals surface area contributed by atoms with Crippen molar-refractivity contribution in [2.75, 3.05) is 0 Å². The van der Waals surface area contributed by atoms with E-state index in [1.807, 2.05) is 24.3 Å². The predicted octanol–water partition coefficient (Wildman–Crippen LogP) is 5.75. The molecule has 2 aromatic rings. The third-order valence-electron chi connectivity index (χ3n) is 5.84. The first kappa shape index (κ1) is 17.3. The quantitative estimate of drug-likeness (QED) is 0.445. The number of hydrogen-bond donors (Lipinski definition) is 0. The Hall–Kier alpha value is -1.08. The molecule has 2 atom stereocenters. The molecule has 0 aromatic heterocycles. The Balaban J connectivity index is 1.95. The van der Waals surface area contributed by atoms with Gasteiger partial charge < -0.3 is 0 Å². The first-order valence-corrected chi connectivity index (χ1v) is 23.2. The van der Waals surface area contributed by atoms with Crippen molar-refractivity contribution in [3.05, 3.63) is 82.9 Å². The fourth-order valence-corrected chi connectivity index (χ4v) is 44.3. The third-order valence-corrected chi connectivity index (χ3v) is 54.4. The Morgan fingerprint density at radius 1 is 0.800 bits per heavy atom. The molecule has 0 spiro atoms. The molecule has 2 unspecified atom stereocenters. The molecule has 0 saturated carbocycles. The predicted molar refractivity (Wildman–Crippen MR) is 104 cm³/mol. The minimum absolute atomic E-state index is 0.138. The molecule has 0 saturated heterocycles. The average molecular weight is 444 g/mol. The zero-order chi connectivity index (χ0) is 17.6. The summed E-state index contributed by atoms with van der Waals surface area (Å²) in [6.07, 6.45) is 8.72. The SMILES string of the molecule is C[SiH](C)[Zr]([CH]1C=Cc2ccccc21)([CH]1C=Cc2ccccc21)[P](=O)=O. The van der Waals surface area contributed by atoms with Gasteiger partial charge in [-0.3, -0.25) is 0 Å². The normalized spacial score (nSPS) is 22.7. The van der Waals surface area contributed by atoms with Crippen molar-refractivity contribution >= 4 is 23.0 Å². The first-order valence-electron chi connectivity index (χ1n) is 8.75. The molecule has 0 amide bonds. The standard InChI is InChI=1S/2C9H7.C2H7Si.O2P.Zr/c2*1-2-5-9-7-3-6-8(9)4-1;2*1-3-2;/h2*1-7H;3H,1-2H3;;. The average Bonchev–Trinajstić information content (AvgIpc) is 3.21. The molecule has 0 radical (unpaired) electrons. The molecule has 0 bridgehead atoms. The van der Waals surface area contributed by atoms with Crippen LogP contribution in [0.25, 0.3) is 12.2 Å². The van der Waals surface area contributed by atoms with Crippen molar-refractivity contribution in [1.29, 1.82) is 0 Å². The summed E-state index contributed by atoms with van der Waals surface area (Å²) in [6, 6.07) is 16.7. The van der Waals surface area contributed by atoms with E-state index in [1.165, 1.54) is 22.3 Å². The van der Waals surface area contributed by atoms with E-state index in [0.29, 0.717) is 0 Å². The maximum absolute atomic E-state index is 13.0. The van der Waals surface area contributed by atoms with Crippen LogP contribution in [0, 0.1) is 0 Å².